The van der Waals surface area contributed by atoms with Gasteiger partial charge in [-0.05, 0) is 56.3 Å². The monoisotopic (exact) mass is 436 g/mol. The molecule has 0 radical (unpaired) electrons. The molecule has 6 nitrogen and oxygen atoms in total. The van der Waals surface area contributed by atoms with E-state index in [-0.39, 0.29) is 27.2 Å². The van der Waals surface area contributed by atoms with Crippen LogP contribution in [-0.4, -0.2) is 26.7 Å². The second-order valence-electron chi connectivity index (χ2n) is 5.94. The third-order valence-electron chi connectivity index (χ3n) is 3.23. The van der Waals surface area contributed by atoms with Crippen LogP contribution < -0.4 is 14.8 Å². The van der Waals surface area contributed by atoms with Gasteiger partial charge >= 0.3 is 6.36 Å². The zero-order valence-corrected chi connectivity index (χ0v) is 16.2. The first kappa shape index (κ1) is 22.0. The minimum Gasteiger partial charge on any atom is -0.406 e. The fraction of sp³-hybridized carbons (Fsp3) is 0.235. The van der Waals surface area contributed by atoms with Gasteiger partial charge in [-0.1, -0.05) is 11.6 Å². The number of rotatable bonds is 6. The minimum absolute atomic E-state index is 0.0121. The molecule has 0 aliphatic carbocycles. The molecule has 28 heavy (non-hydrogen) atoms. The third-order valence-corrected chi connectivity index (χ3v) is 5.22. The number of ether oxygens (including phenoxy) is 1. The summed E-state index contributed by atoms with van der Waals surface area (Å²) in [7, 11) is -3.84. The minimum atomic E-state index is -4.83. The number of hydrogen-bond acceptors (Lipinski definition) is 4. The van der Waals surface area contributed by atoms with Crippen molar-refractivity contribution in [3.63, 3.8) is 0 Å². The van der Waals surface area contributed by atoms with Crippen molar-refractivity contribution < 1.29 is 31.1 Å². The maximum absolute atomic E-state index is 12.4. The molecule has 0 aromatic heterocycles. The molecule has 0 atom stereocenters. The van der Waals surface area contributed by atoms with E-state index in [1.165, 1.54) is 24.3 Å². The molecule has 152 valence electrons. The van der Waals surface area contributed by atoms with E-state index in [0.29, 0.717) is 0 Å². The van der Waals surface area contributed by atoms with Crippen molar-refractivity contribution in [3.05, 3.63) is 53.1 Å². The molecule has 0 fully saturated rings. The highest BCUT2D eigenvalue weighted by Crippen LogP contribution is 2.25. The molecule has 2 aromatic carbocycles. The summed E-state index contributed by atoms with van der Waals surface area (Å²) in [5, 5.41) is 2.45. The quantitative estimate of drug-likeness (QED) is 0.711. The van der Waals surface area contributed by atoms with Crippen molar-refractivity contribution in [3.8, 4) is 5.75 Å². The first-order valence-corrected chi connectivity index (χ1v) is 9.72. The van der Waals surface area contributed by atoms with Gasteiger partial charge in [0.15, 0.2) is 0 Å². The Hall–Kier alpha value is -2.30. The summed E-state index contributed by atoms with van der Waals surface area (Å²) in [6.07, 6.45) is -4.83. The number of benzene rings is 2. The molecule has 0 saturated carbocycles. The molecule has 0 spiro atoms. The van der Waals surface area contributed by atoms with E-state index in [9.17, 15) is 26.4 Å². The molecule has 0 aliphatic heterocycles. The maximum Gasteiger partial charge on any atom is 0.573 e. The normalized spacial score (nSPS) is 12.1. The van der Waals surface area contributed by atoms with Gasteiger partial charge in [0.1, 0.15) is 5.75 Å². The van der Waals surface area contributed by atoms with E-state index in [0.717, 1.165) is 18.2 Å². The summed E-state index contributed by atoms with van der Waals surface area (Å²) < 4.78 is 67.1. The predicted octanol–water partition coefficient (Wildman–Crippen LogP) is 4.18. The lowest BCUT2D eigenvalue weighted by atomic mass is 10.2. The number of alkyl halides is 3. The van der Waals surface area contributed by atoms with Gasteiger partial charge < -0.3 is 10.1 Å². The molecule has 2 rings (SSSR count). The summed E-state index contributed by atoms with van der Waals surface area (Å²) >= 11 is 5.99. The lowest BCUT2D eigenvalue weighted by molar-refractivity contribution is -0.274. The number of anilines is 1. The van der Waals surface area contributed by atoms with Crippen LogP contribution in [0.15, 0.2) is 47.4 Å². The highest BCUT2D eigenvalue weighted by molar-refractivity contribution is 7.89. The topological polar surface area (TPSA) is 84.5 Å². The van der Waals surface area contributed by atoms with Gasteiger partial charge in [0.05, 0.1) is 15.5 Å². The molecule has 0 unspecified atom stereocenters. The number of halogens is 4. The summed E-state index contributed by atoms with van der Waals surface area (Å²) in [4.78, 5) is 12.3. The summed E-state index contributed by atoms with van der Waals surface area (Å²) in [5.74, 6) is -1.17. The van der Waals surface area contributed by atoms with E-state index in [2.05, 4.69) is 14.8 Å². The largest absolute Gasteiger partial charge is 0.573 e. The van der Waals surface area contributed by atoms with Crippen LogP contribution in [0.1, 0.15) is 24.2 Å². The Balaban J connectivity index is 2.21. The van der Waals surface area contributed by atoms with Gasteiger partial charge in [-0.2, -0.15) is 0 Å². The summed E-state index contributed by atoms with van der Waals surface area (Å²) in [5.41, 5.74) is 0.0630. The van der Waals surface area contributed by atoms with E-state index in [1.54, 1.807) is 13.8 Å². The van der Waals surface area contributed by atoms with Crippen molar-refractivity contribution in [2.24, 2.45) is 0 Å². The van der Waals surface area contributed by atoms with E-state index < -0.39 is 28.0 Å². The molecular weight excluding hydrogens is 421 g/mol. The van der Waals surface area contributed by atoms with Gasteiger partial charge in [0, 0.05) is 11.7 Å². The molecule has 11 heteroatoms. The highest BCUT2D eigenvalue weighted by atomic mass is 35.5. The number of carbonyl (C=O) groups excluding carboxylic acids is 1. The number of sulfonamides is 1. The molecule has 0 saturated heterocycles. The fourth-order valence-corrected chi connectivity index (χ4v) is 3.64. The molecule has 2 aromatic rings. The molecule has 1 amide bonds. The molecule has 0 heterocycles. The zero-order valence-electron chi connectivity index (χ0n) is 14.7. The lowest BCUT2D eigenvalue weighted by Gasteiger charge is -2.12. The van der Waals surface area contributed by atoms with Gasteiger partial charge in [-0.25, -0.2) is 13.1 Å². The Morgan fingerprint density at radius 2 is 1.71 bits per heavy atom. The van der Waals surface area contributed by atoms with Crippen molar-refractivity contribution in [1.29, 1.82) is 0 Å². The van der Waals surface area contributed by atoms with E-state index in [1.807, 2.05) is 0 Å². The van der Waals surface area contributed by atoms with Crippen molar-refractivity contribution >= 4 is 33.2 Å². The third kappa shape index (κ3) is 6.11. The Kier molecular flexibility index (Phi) is 6.58. The molecule has 0 bridgehead atoms. The zero-order chi connectivity index (χ0) is 21.1. The Morgan fingerprint density at radius 1 is 1.11 bits per heavy atom. The van der Waals surface area contributed by atoms with Crippen LogP contribution in [0.2, 0.25) is 5.02 Å². The second kappa shape index (κ2) is 8.38. The van der Waals surface area contributed by atoms with E-state index in [4.69, 9.17) is 11.6 Å². The number of hydrogen-bond donors (Lipinski definition) is 2. The van der Waals surface area contributed by atoms with Gasteiger partial charge in [0.25, 0.3) is 5.91 Å². The van der Waals surface area contributed by atoms with Crippen LogP contribution >= 0.6 is 11.6 Å². The lowest BCUT2D eigenvalue weighted by Crippen LogP contribution is -2.30. The van der Waals surface area contributed by atoms with Crippen LogP contribution in [0.3, 0.4) is 0 Å². The standard InChI is InChI=1S/C17H16ClF3N2O4S/c1-10(2)23-28(25,26)13-7-8-15(18)14(9-13)16(24)22-11-3-5-12(6-4-11)27-17(19,20)21/h3-10,23H,1-2H3,(H,22,24). The average Bonchev–Trinajstić information content (AvgIpc) is 2.54. The number of amides is 1. The number of carbonyl (C=O) groups is 1. The number of nitrogens with one attached hydrogen (secondary N) is 2. The first-order chi connectivity index (χ1) is 12.9. The predicted molar refractivity (Wildman–Crippen MR) is 98.0 cm³/mol. The second-order valence-corrected chi connectivity index (χ2v) is 8.07. The van der Waals surface area contributed by atoms with Crippen LogP contribution in [0.5, 0.6) is 5.75 Å². The van der Waals surface area contributed by atoms with Gasteiger partial charge in [-0.15, -0.1) is 13.2 Å². The highest BCUT2D eigenvalue weighted by Gasteiger charge is 2.31. The Bertz CT molecular complexity index is 961. The van der Waals surface area contributed by atoms with Crippen LogP contribution in [0.25, 0.3) is 0 Å². The van der Waals surface area contributed by atoms with E-state index >= 15 is 0 Å². The SMILES string of the molecule is CC(C)NS(=O)(=O)c1ccc(Cl)c(C(=O)Nc2ccc(OC(F)(F)F)cc2)c1. The smallest absolute Gasteiger partial charge is 0.406 e. The maximum atomic E-state index is 12.4. The first-order valence-electron chi connectivity index (χ1n) is 7.86. The van der Waals surface area contributed by atoms with Crippen molar-refractivity contribution in [2.45, 2.75) is 31.1 Å². The summed E-state index contributed by atoms with van der Waals surface area (Å²) in [6.45, 7) is 3.29. The van der Waals surface area contributed by atoms with Gasteiger partial charge in [-0.3, -0.25) is 4.79 Å². The van der Waals surface area contributed by atoms with Crippen LogP contribution in [-0.2, 0) is 10.0 Å². The Morgan fingerprint density at radius 3 is 2.25 bits per heavy atom. The molecular formula is C17H16ClF3N2O4S. The van der Waals surface area contributed by atoms with Crippen molar-refractivity contribution in [2.75, 3.05) is 5.32 Å². The Labute approximate surface area is 164 Å². The summed E-state index contributed by atoms with van der Waals surface area (Å²) in [6, 6.07) is 7.75. The fourth-order valence-electron chi connectivity index (χ4n) is 2.16. The van der Waals surface area contributed by atoms with Gasteiger partial charge in [0.2, 0.25) is 10.0 Å². The average molecular weight is 437 g/mol. The van der Waals surface area contributed by atoms with Crippen molar-refractivity contribution in [1.82, 2.24) is 4.72 Å². The molecule has 0 aliphatic rings. The van der Waals surface area contributed by atoms with Crippen LogP contribution in [0.4, 0.5) is 18.9 Å². The molecule has 2 N–H and O–H groups in total. The van der Waals surface area contributed by atoms with Crippen LogP contribution in [0, 0.1) is 0 Å².